The fourth-order valence-electron chi connectivity index (χ4n) is 3.33. The number of aromatic carboxylic acids is 1. The smallest absolute Gasteiger partial charge is 0.422 e. The number of carboxylic acid groups (broad SMARTS) is 2. The number of benzene rings is 1. The Morgan fingerprint density at radius 3 is 2.27 bits per heavy atom. The highest BCUT2D eigenvalue weighted by Crippen LogP contribution is 2.39. The number of nitrogens with one attached hydrogen (secondary N) is 2. The van der Waals surface area contributed by atoms with Gasteiger partial charge in [0.1, 0.15) is 11.5 Å². The van der Waals surface area contributed by atoms with E-state index in [1.54, 1.807) is 25.7 Å². The normalized spacial score (nSPS) is 16.9. The first-order chi connectivity index (χ1) is 15.3. The minimum atomic E-state index is -1.83. The third-order valence-electron chi connectivity index (χ3n) is 5.63. The summed E-state index contributed by atoms with van der Waals surface area (Å²) in [5.74, 6) is -4.87. The van der Waals surface area contributed by atoms with Gasteiger partial charge in [-0.05, 0) is 32.0 Å². The Morgan fingerprint density at radius 1 is 1.12 bits per heavy atom. The summed E-state index contributed by atoms with van der Waals surface area (Å²) in [6, 6.07) is 3.15. The summed E-state index contributed by atoms with van der Waals surface area (Å²) < 4.78 is 10.1. The van der Waals surface area contributed by atoms with Crippen molar-refractivity contribution in [1.29, 1.82) is 0 Å². The summed E-state index contributed by atoms with van der Waals surface area (Å²) in [5, 5.41) is 35.1. The van der Waals surface area contributed by atoms with Crippen molar-refractivity contribution < 1.29 is 44.0 Å². The maximum absolute atomic E-state index is 12.4. The van der Waals surface area contributed by atoms with Gasteiger partial charge in [0.2, 0.25) is 0 Å². The predicted octanol–water partition coefficient (Wildman–Crippen LogP) is 0.338. The molecule has 2 amide bonds. The van der Waals surface area contributed by atoms with Crippen molar-refractivity contribution in [2.45, 2.75) is 45.0 Å². The minimum Gasteiger partial charge on any atom is -0.478 e. The summed E-state index contributed by atoms with van der Waals surface area (Å²) >= 11 is 0. The highest BCUT2D eigenvalue weighted by atomic mass is 16.6. The van der Waals surface area contributed by atoms with Crippen LogP contribution in [-0.2, 0) is 19.7 Å². The quantitative estimate of drug-likeness (QED) is 0.163. The Labute approximate surface area is 190 Å². The number of carboxylic acids is 2. The molecule has 1 aromatic rings. The zero-order valence-electron chi connectivity index (χ0n) is 18.9. The largest absolute Gasteiger partial charge is 0.478 e. The fourth-order valence-corrected chi connectivity index (χ4v) is 3.33. The summed E-state index contributed by atoms with van der Waals surface area (Å²) in [5.41, 5.74) is -3.20. The first-order valence-electron chi connectivity index (χ1n) is 10.2. The molecule has 1 aliphatic rings. The maximum atomic E-state index is 12.4. The molecule has 2 atom stereocenters. The van der Waals surface area contributed by atoms with Crippen molar-refractivity contribution >= 4 is 23.9 Å². The van der Waals surface area contributed by atoms with Crippen LogP contribution in [0.4, 0.5) is 4.79 Å². The van der Waals surface area contributed by atoms with Gasteiger partial charge in [0, 0.05) is 24.1 Å². The van der Waals surface area contributed by atoms with Crippen LogP contribution in [0.3, 0.4) is 0 Å². The van der Waals surface area contributed by atoms with E-state index in [1.807, 2.05) is 0 Å². The van der Waals surface area contributed by atoms with Gasteiger partial charge in [-0.3, -0.25) is 5.32 Å². The molecular weight excluding hydrogens is 438 g/mol. The Hall–Kier alpha value is -3.22. The molecule has 182 valence electrons. The second-order valence-corrected chi connectivity index (χ2v) is 8.32. The number of hydrogen-bond acceptors (Lipinski definition) is 8. The summed E-state index contributed by atoms with van der Waals surface area (Å²) in [6.45, 7) is 7.84. The van der Waals surface area contributed by atoms with Gasteiger partial charge >= 0.3 is 23.9 Å². The highest BCUT2D eigenvalue weighted by Gasteiger charge is 2.44. The molecule has 5 N–H and O–H groups in total. The Bertz CT molecular complexity index is 924. The van der Waals surface area contributed by atoms with E-state index >= 15 is 0 Å². The lowest BCUT2D eigenvalue weighted by Crippen LogP contribution is -2.63. The Balaban J connectivity index is 2.29. The predicted molar refractivity (Wildman–Crippen MR) is 114 cm³/mol. The second-order valence-electron chi connectivity index (χ2n) is 8.32. The molecule has 0 saturated carbocycles. The van der Waals surface area contributed by atoms with Gasteiger partial charge < -0.3 is 35.0 Å². The molecule has 2 rings (SSSR count). The third kappa shape index (κ3) is 6.18. The molecule has 0 spiro atoms. The number of urea groups is 1. The van der Waals surface area contributed by atoms with Crippen molar-refractivity contribution in [3.05, 3.63) is 29.3 Å². The number of aliphatic carboxylic acids is 1. The standard InChI is InChI=1S/C21H29N3O9/c1-12(22-19(30)24-7-9-32-10-8-24)23-21(4,31)20(2,3)14-11-13(16(25)26)5-6-15(14)33-18(29)17(27)28/h5-6,11-12,23,31H,7-10H2,1-4H3,(H,22,30)(H,25,26)(H,27,28). The molecule has 1 fully saturated rings. The average Bonchev–Trinajstić information content (AvgIpc) is 2.73. The molecule has 12 nitrogen and oxygen atoms in total. The maximum Gasteiger partial charge on any atom is 0.422 e. The van der Waals surface area contributed by atoms with Crippen LogP contribution in [0, 0.1) is 0 Å². The van der Waals surface area contributed by atoms with Gasteiger partial charge in [0.05, 0.1) is 24.9 Å². The van der Waals surface area contributed by atoms with Crippen LogP contribution in [0.1, 0.15) is 43.6 Å². The van der Waals surface area contributed by atoms with Gasteiger partial charge in [-0.2, -0.15) is 0 Å². The van der Waals surface area contributed by atoms with Gasteiger partial charge in [-0.25, -0.2) is 19.2 Å². The second kappa shape index (κ2) is 10.1. The highest BCUT2D eigenvalue weighted by molar-refractivity contribution is 6.29. The van der Waals surface area contributed by atoms with Crippen LogP contribution in [0.15, 0.2) is 18.2 Å². The molecule has 2 unspecified atom stereocenters. The van der Waals surface area contributed by atoms with E-state index in [4.69, 9.17) is 14.6 Å². The monoisotopic (exact) mass is 467 g/mol. The summed E-state index contributed by atoms with van der Waals surface area (Å²) in [7, 11) is 0. The van der Waals surface area contributed by atoms with Gasteiger partial charge in [0.25, 0.3) is 0 Å². The summed E-state index contributed by atoms with van der Waals surface area (Å²) in [4.78, 5) is 48.0. The molecular formula is C21H29N3O9. The minimum absolute atomic E-state index is 0.0706. The zero-order valence-corrected chi connectivity index (χ0v) is 18.9. The van der Waals surface area contributed by atoms with E-state index < -0.39 is 35.2 Å². The van der Waals surface area contributed by atoms with E-state index in [-0.39, 0.29) is 22.9 Å². The van der Waals surface area contributed by atoms with Crippen LogP contribution >= 0.6 is 0 Å². The van der Waals surface area contributed by atoms with Crippen LogP contribution in [0.2, 0.25) is 0 Å². The number of aliphatic hydroxyl groups is 1. The SMILES string of the molecule is CC(NC(=O)N1CCOCC1)NC(C)(O)C(C)(C)c1cc(C(=O)O)ccc1OC(=O)C(=O)O. The number of nitrogens with zero attached hydrogens (tertiary/aromatic N) is 1. The Kier molecular flexibility index (Phi) is 8.01. The zero-order chi connectivity index (χ0) is 25.0. The molecule has 12 heteroatoms. The van der Waals surface area contributed by atoms with E-state index in [0.29, 0.717) is 26.3 Å². The van der Waals surface area contributed by atoms with Crippen molar-refractivity contribution in [2.24, 2.45) is 0 Å². The molecule has 0 aromatic heterocycles. The van der Waals surface area contributed by atoms with Crippen LogP contribution in [0.5, 0.6) is 5.75 Å². The average molecular weight is 467 g/mol. The number of carbonyl (C=O) groups excluding carboxylic acids is 2. The number of morpholine rings is 1. The van der Waals surface area contributed by atoms with Gasteiger partial charge in [-0.1, -0.05) is 13.8 Å². The van der Waals surface area contributed by atoms with Gasteiger partial charge in [0.15, 0.2) is 0 Å². The van der Waals surface area contributed by atoms with Crippen molar-refractivity contribution in [2.75, 3.05) is 26.3 Å². The number of ether oxygens (including phenoxy) is 2. The molecule has 0 aliphatic carbocycles. The molecule has 33 heavy (non-hydrogen) atoms. The van der Waals surface area contributed by atoms with Crippen molar-refractivity contribution in [3.8, 4) is 5.75 Å². The number of carbonyl (C=O) groups is 4. The fraction of sp³-hybridized carbons (Fsp3) is 0.524. The van der Waals surface area contributed by atoms with Gasteiger partial charge in [-0.15, -0.1) is 0 Å². The van der Waals surface area contributed by atoms with Crippen molar-refractivity contribution in [1.82, 2.24) is 15.5 Å². The van der Waals surface area contributed by atoms with E-state index in [0.717, 1.165) is 12.1 Å². The lowest BCUT2D eigenvalue weighted by Gasteiger charge is -2.43. The number of esters is 1. The van der Waals surface area contributed by atoms with Crippen LogP contribution in [0.25, 0.3) is 0 Å². The third-order valence-corrected chi connectivity index (χ3v) is 5.63. The molecule has 1 saturated heterocycles. The number of hydrogen-bond donors (Lipinski definition) is 5. The van der Waals surface area contributed by atoms with Crippen LogP contribution in [-0.4, -0.2) is 82.4 Å². The first kappa shape index (κ1) is 26.0. The molecule has 1 aromatic carbocycles. The van der Waals surface area contributed by atoms with E-state index in [9.17, 15) is 29.4 Å². The van der Waals surface area contributed by atoms with Crippen LogP contribution < -0.4 is 15.4 Å². The Morgan fingerprint density at radius 2 is 1.73 bits per heavy atom. The number of rotatable bonds is 7. The van der Waals surface area contributed by atoms with E-state index in [1.165, 1.54) is 13.0 Å². The lowest BCUT2D eigenvalue weighted by atomic mass is 9.74. The first-order valence-corrected chi connectivity index (χ1v) is 10.2. The lowest BCUT2D eigenvalue weighted by molar-refractivity contribution is -0.158. The van der Waals surface area contributed by atoms with Crippen molar-refractivity contribution in [3.63, 3.8) is 0 Å². The molecule has 0 radical (unpaired) electrons. The molecule has 0 bridgehead atoms. The molecule has 1 aliphatic heterocycles. The molecule has 1 heterocycles. The summed E-state index contributed by atoms with van der Waals surface area (Å²) in [6.07, 6.45) is -0.720. The van der Waals surface area contributed by atoms with E-state index in [2.05, 4.69) is 10.6 Å². The topological polar surface area (TPSA) is 175 Å². The number of amides is 2.